The third-order valence-electron chi connectivity index (χ3n) is 10.1. The number of carbonyl (C=O) groups excluding carboxylic acids is 1. The number of hydrogen-bond acceptors (Lipinski definition) is 9. The number of benzene rings is 4. The predicted octanol–water partition coefficient (Wildman–Crippen LogP) is 2.76. The first-order chi connectivity index (χ1) is 26.1. The van der Waals surface area contributed by atoms with Crippen molar-refractivity contribution in [3.63, 3.8) is 0 Å². The summed E-state index contributed by atoms with van der Waals surface area (Å²) in [6, 6.07) is 22.7. The number of carbonyl (C=O) groups is 1. The molecule has 0 saturated carbocycles. The summed E-state index contributed by atoms with van der Waals surface area (Å²) in [5.74, 6) is -1.31. The molecule has 2 aliphatic heterocycles. The second-order valence-corrected chi connectivity index (χ2v) is 15.5. The van der Waals surface area contributed by atoms with Gasteiger partial charge in [-0.05, 0) is 162 Å². The van der Waals surface area contributed by atoms with Crippen molar-refractivity contribution >= 4 is 11.9 Å². The normalized spacial score (nSPS) is 18.0. The number of hydrogen-bond donors (Lipinski definition) is 2. The van der Waals surface area contributed by atoms with E-state index < -0.39 is 17.2 Å². The Morgan fingerprint density at radius 3 is 2.09 bits per heavy atom. The summed E-state index contributed by atoms with van der Waals surface area (Å²) in [4.78, 5) is 19.9. The number of rotatable bonds is 14. The van der Waals surface area contributed by atoms with Crippen molar-refractivity contribution in [2.75, 3.05) is 47.9 Å². The van der Waals surface area contributed by atoms with E-state index >= 15 is 0 Å². The van der Waals surface area contributed by atoms with E-state index in [1.165, 1.54) is 24.3 Å². The number of ether oxygens (including phenoxy) is 2. The number of carboxylic acid groups (broad SMARTS) is 1. The molecular formula is C44H52F2N3NaO6. The molecule has 294 valence electrons. The van der Waals surface area contributed by atoms with Gasteiger partial charge >= 0.3 is 29.6 Å². The fourth-order valence-corrected chi connectivity index (χ4v) is 7.27. The molecule has 12 heteroatoms. The van der Waals surface area contributed by atoms with Gasteiger partial charge in [-0.3, -0.25) is 0 Å². The third kappa shape index (κ3) is 10.7. The Bertz CT molecular complexity index is 1970. The topological polar surface area (TPSA) is 118 Å². The van der Waals surface area contributed by atoms with Crippen LogP contribution in [0.3, 0.4) is 0 Å². The number of aliphatic imine (C=N–C) groups is 1. The molecule has 0 bridgehead atoms. The molecule has 9 nitrogen and oxygen atoms in total. The Morgan fingerprint density at radius 1 is 0.893 bits per heavy atom. The molecule has 2 heterocycles. The van der Waals surface area contributed by atoms with Crippen LogP contribution in [0, 0.1) is 11.6 Å². The minimum atomic E-state index is -1.35. The van der Waals surface area contributed by atoms with Crippen molar-refractivity contribution in [1.82, 2.24) is 9.80 Å². The van der Waals surface area contributed by atoms with Crippen LogP contribution in [-0.4, -0.2) is 85.3 Å². The van der Waals surface area contributed by atoms with Crippen molar-refractivity contribution in [1.29, 1.82) is 0 Å². The van der Waals surface area contributed by atoms with Gasteiger partial charge in [-0.1, -0.05) is 42.5 Å². The molecule has 0 spiro atoms. The first kappa shape index (κ1) is 45.2. The van der Waals surface area contributed by atoms with Gasteiger partial charge in [-0.25, -0.2) is 13.8 Å². The van der Waals surface area contributed by atoms with E-state index in [-0.39, 0.29) is 58.9 Å². The summed E-state index contributed by atoms with van der Waals surface area (Å²) < 4.78 is 38.8. The minimum absolute atomic E-state index is 0. The number of aliphatic hydroxyl groups excluding tert-OH is 1. The summed E-state index contributed by atoms with van der Waals surface area (Å²) in [7, 11) is 7.99. The van der Waals surface area contributed by atoms with Crippen LogP contribution in [0.5, 0.6) is 0 Å². The van der Waals surface area contributed by atoms with Crippen LogP contribution in [0.1, 0.15) is 88.8 Å². The zero-order valence-corrected chi connectivity index (χ0v) is 35.6. The van der Waals surface area contributed by atoms with Gasteiger partial charge in [-0.15, -0.1) is 0 Å². The minimum Gasteiger partial charge on any atom is -0.545 e. The van der Waals surface area contributed by atoms with E-state index in [0.29, 0.717) is 42.2 Å². The van der Waals surface area contributed by atoms with Crippen molar-refractivity contribution in [3.8, 4) is 0 Å². The number of aliphatic hydroxyl groups is 2. The maximum absolute atomic E-state index is 13.5. The smallest absolute Gasteiger partial charge is 0.545 e. The molecular weight excluding hydrogens is 727 g/mol. The molecule has 4 aromatic rings. The van der Waals surface area contributed by atoms with E-state index in [1.54, 1.807) is 42.5 Å². The second kappa shape index (κ2) is 19.3. The fourth-order valence-electron chi connectivity index (χ4n) is 7.27. The Labute approximate surface area is 351 Å². The monoisotopic (exact) mass is 779 g/mol. The molecule has 2 aliphatic rings. The third-order valence-corrected chi connectivity index (χ3v) is 10.1. The van der Waals surface area contributed by atoms with Gasteiger partial charge in [0.2, 0.25) is 5.90 Å². The summed E-state index contributed by atoms with van der Waals surface area (Å²) in [6.45, 7) is 6.29. The number of halogens is 2. The van der Waals surface area contributed by atoms with E-state index in [2.05, 4.69) is 14.8 Å². The van der Waals surface area contributed by atoms with Crippen molar-refractivity contribution < 1.29 is 67.9 Å². The zero-order valence-electron chi connectivity index (χ0n) is 33.6. The number of aromatic carboxylic acids is 1. The standard InChI is InChI=1S/C24H31FN2O3.C20H22FNO3.Na/c1-23(2)16-30-22(26-23)17-6-11-21(18(14-17)15-28)24(29,12-5-13-27(3)4)19-7-9-20(25)10-8-19;1-22(2)11-3-10-20(16-5-7-17(21)8-6-16)18-9-4-14(19(23)24)12-15(18)13-25-20;/h6-11,14,28-29H,5,12-13,15-16H2,1-4H3;4-9,12H,3,10-11,13H2,1-2H3,(H,23,24);/q;;+1/p-1. The summed E-state index contributed by atoms with van der Waals surface area (Å²) in [6.07, 6.45) is 2.80. The molecule has 0 fully saturated rings. The van der Waals surface area contributed by atoms with E-state index in [9.17, 15) is 28.9 Å². The van der Waals surface area contributed by atoms with Crippen LogP contribution < -0.4 is 34.7 Å². The van der Waals surface area contributed by atoms with Crippen LogP contribution in [0.15, 0.2) is 89.9 Å². The van der Waals surface area contributed by atoms with Gasteiger partial charge in [0.1, 0.15) is 29.4 Å². The molecule has 6 rings (SSSR count). The maximum Gasteiger partial charge on any atom is 1.00 e. The first-order valence-corrected chi connectivity index (χ1v) is 18.6. The van der Waals surface area contributed by atoms with Gasteiger partial charge in [0.05, 0.1) is 24.7 Å². The Balaban J connectivity index is 0.000000248. The van der Waals surface area contributed by atoms with Crippen LogP contribution in [0.2, 0.25) is 0 Å². The second-order valence-electron chi connectivity index (χ2n) is 15.5. The average Bonchev–Trinajstić information content (AvgIpc) is 3.71. The van der Waals surface area contributed by atoms with Crippen molar-refractivity contribution in [2.45, 2.75) is 69.5 Å². The van der Waals surface area contributed by atoms with Crippen LogP contribution in [0.25, 0.3) is 0 Å². The first-order valence-electron chi connectivity index (χ1n) is 18.6. The Hall–Kier alpha value is -3.52. The number of nitrogens with zero attached hydrogens (tertiary/aromatic N) is 3. The molecule has 4 aromatic carbocycles. The molecule has 0 saturated heterocycles. The molecule has 2 N–H and O–H groups in total. The van der Waals surface area contributed by atoms with Crippen molar-refractivity contribution in [2.24, 2.45) is 4.99 Å². The summed E-state index contributed by atoms with van der Waals surface area (Å²) in [5, 5.41) is 33.0. The van der Waals surface area contributed by atoms with Gasteiger partial charge in [-0.2, -0.15) is 0 Å². The summed E-state index contributed by atoms with van der Waals surface area (Å²) in [5.41, 5.74) is 3.08. The van der Waals surface area contributed by atoms with E-state index in [0.717, 1.165) is 54.6 Å². The van der Waals surface area contributed by atoms with Crippen LogP contribution >= 0.6 is 0 Å². The molecule has 56 heavy (non-hydrogen) atoms. The molecule has 2 atom stereocenters. The summed E-state index contributed by atoms with van der Waals surface area (Å²) >= 11 is 0. The largest absolute Gasteiger partial charge is 1.00 e. The van der Waals surface area contributed by atoms with Gasteiger partial charge < -0.3 is 39.4 Å². The predicted molar refractivity (Wildman–Crippen MR) is 207 cm³/mol. The van der Waals surface area contributed by atoms with Crippen LogP contribution in [-0.2, 0) is 33.9 Å². The average molecular weight is 780 g/mol. The molecule has 0 aliphatic carbocycles. The molecule has 2 unspecified atom stereocenters. The van der Waals surface area contributed by atoms with Crippen molar-refractivity contribution in [3.05, 3.63) is 141 Å². The molecule has 0 amide bonds. The quantitative estimate of drug-likeness (QED) is 0.188. The van der Waals surface area contributed by atoms with Gasteiger partial charge in [0, 0.05) is 5.56 Å². The number of carboxylic acids is 1. The molecule has 0 aromatic heterocycles. The van der Waals surface area contributed by atoms with Gasteiger partial charge in [0.25, 0.3) is 0 Å². The Morgan fingerprint density at radius 2 is 1.52 bits per heavy atom. The van der Waals surface area contributed by atoms with E-state index in [1.807, 2.05) is 60.2 Å². The fraction of sp³-hybridized carbons (Fsp3) is 0.409. The Kier molecular flexibility index (Phi) is 15.6. The number of fused-ring (bicyclic) bond motifs is 1. The van der Waals surface area contributed by atoms with E-state index in [4.69, 9.17) is 9.47 Å². The zero-order chi connectivity index (χ0) is 40.0. The molecule has 0 radical (unpaired) electrons. The SMILES string of the molecule is CN(C)CCCC(O)(c1ccc(F)cc1)c1ccc(C2=NC(C)(C)CO2)cc1CO.CN(C)CCCC1(c2ccc(F)cc2)OCc2cc(C(=O)[O-])ccc21.[Na+]. The maximum atomic E-state index is 13.5. The van der Waals surface area contributed by atoms with Gasteiger partial charge in [0.15, 0.2) is 0 Å². The van der Waals surface area contributed by atoms with Crippen LogP contribution in [0.4, 0.5) is 8.78 Å².